The molecule has 0 fully saturated rings. The van der Waals surface area contributed by atoms with Gasteiger partial charge in [0.25, 0.3) is 5.91 Å². The smallest absolute Gasteiger partial charge is 0.326 e. The van der Waals surface area contributed by atoms with E-state index in [0.29, 0.717) is 11.3 Å². The summed E-state index contributed by atoms with van der Waals surface area (Å²) in [4.78, 5) is 23.8. The van der Waals surface area contributed by atoms with Crippen LogP contribution in [-0.2, 0) is 4.79 Å². The van der Waals surface area contributed by atoms with Crippen molar-refractivity contribution in [2.45, 2.75) is 26.3 Å². The Morgan fingerprint density at radius 3 is 2.60 bits per heavy atom. The maximum Gasteiger partial charge on any atom is 0.326 e. The van der Waals surface area contributed by atoms with Crippen molar-refractivity contribution in [3.63, 3.8) is 0 Å². The Kier molecular flexibility index (Phi) is 3.85. The first-order valence-corrected chi connectivity index (χ1v) is 5.46. The summed E-state index contributed by atoms with van der Waals surface area (Å²) in [5.41, 5.74) is 0. The van der Waals surface area contributed by atoms with Gasteiger partial charge >= 0.3 is 5.97 Å². The highest BCUT2D eigenvalue weighted by molar-refractivity contribution is 7.13. The van der Waals surface area contributed by atoms with Gasteiger partial charge in [0.05, 0.1) is 4.88 Å². The van der Waals surface area contributed by atoms with Gasteiger partial charge in [-0.15, -0.1) is 11.3 Å². The first-order chi connectivity index (χ1) is 7.04. The lowest BCUT2D eigenvalue weighted by atomic mass is 10.2. The quantitative estimate of drug-likeness (QED) is 0.822. The molecule has 2 N–H and O–H groups in total. The average Bonchev–Trinajstić information content (AvgIpc) is 2.60. The molecule has 0 saturated carbocycles. The summed E-state index contributed by atoms with van der Waals surface area (Å²) < 4.78 is 0. The third kappa shape index (κ3) is 3.06. The number of carboxylic acid groups (broad SMARTS) is 1. The van der Waals surface area contributed by atoms with Gasteiger partial charge in [0.15, 0.2) is 0 Å². The Labute approximate surface area is 91.9 Å². The maximum absolute atomic E-state index is 11.6. The Morgan fingerprint density at radius 2 is 2.20 bits per heavy atom. The van der Waals surface area contributed by atoms with E-state index in [1.165, 1.54) is 11.3 Å². The summed E-state index contributed by atoms with van der Waals surface area (Å²) in [5, 5.41) is 11.2. The zero-order valence-electron chi connectivity index (χ0n) is 8.61. The number of aliphatic carboxylic acids is 1. The standard InChI is InChI=1S/C10H13NO3S/c1-3-7(10(13)14)11-9(12)8-5-4-6(2)15-8/h4-5,7H,3H2,1-2H3,(H,11,12)(H,13,14)/t7-/m0/s1. The van der Waals surface area contributed by atoms with Gasteiger partial charge in [0.1, 0.15) is 6.04 Å². The van der Waals surface area contributed by atoms with Crippen molar-refractivity contribution < 1.29 is 14.7 Å². The Bertz CT molecular complexity index is 372. The third-order valence-corrected chi connectivity index (χ3v) is 2.98. The number of rotatable bonds is 4. The molecule has 0 saturated heterocycles. The molecule has 1 aromatic rings. The highest BCUT2D eigenvalue weighted by atomic mass is 32.1. The normalized spacial score (nSPS) is 12.1. The van der Waals surface area contributed by atoms with E-state index in [4.69, 9.17) is 5.11 Å². The monoisotopic (exact) mass is 227 g/mol. The molecule has 4 nitrogen and oxygen atoms in total. The van der Waals surface area contributed by atoms with E-state index in [2.05, 4.69) is 5.32 Å². The first-order valence-electron chi connectivity index (χ1n) is 4.64. The molecule has 5 heteroatoms. The molecule has 82 valence electrons. The van der Waals surface area contributed by atoms with Crippen LogP contribution in [0.25, 0.3) is 0 Å². The van der Waals surface area contributed by atoms with Crippen LogP contribution in [-0.4, -0.2) is 23.0 Å². The number of aryl methyl sites for hydroxylation is 1. The number of carbonyl (C=O) groups excluding carboxylic acids is 1. The van der Waals surface area contributed by atoms with Crippen LogP contribution in [0.3, 0.4) is 0 Å². The molecule has 0 aliphatic carbocycles. The van der Waals surface area contributed by atoms with E-state index in [-0.39, 0.29) is 5.91 Å². The molecule has 0 bridgehead atoms. The molecule has 0 radical (unpaired) electrons. The SMILES string of the molecule is CC[C@H](NC(=O)c1ccc(C)s1)C(=O)O. The molecule has 1 amide bonds. The fraction of sp³-hybridized carbons (Fsp3) is 0.400. The molecule has 1 rings (SSSR count). The van der Waals surface area contributed by atoms with Gasteiger partial charge in [0.2, 0.25) is 0 Å². The average molecular weight is 227 g/mol. The van der Waals surface area contributed by atoms with E-state index in [0.717, 1.165) is 4.88 Å². The molecule has 0 aromatic carbocycles. The minimum atomic E-state index is -1.00. The second-order valence-electron chi connectivity index (χ2n) is 3.18. The van der Waals surface area contributed by atoms with E-state index in [9.17, 15) is 9.59 Å². The van der Waals surface area contributed by atoms with Crippen molar-refractivity contribution in [3.8, 4) is 0 Å². The summed E-state index contributed by atoms with van der Waals surface area (Å²) in [5.74, 6) is -1.32. The van der Waals surface area contributed by atoms with Gasteiger partial charge in [-0.1, -0.05) is 6.92 Å². The zero-order valence-corrected chi connectivity index (χ0v) is 9.43. The maximum atomic E-state index is 11.6. The van der Waals surface area contributed by atoms with Gasteiger partial charge < -0.3 is 10.4 Å². The van der Waals surface area contributed by atoms with Crippen LogP contribution in [0, 0.1) is 6.92 Å². The van der Waals surface area contributed by atoms with Crippen LogP contribution in [0.5, 0.6) is 0 Å². The molecular weight excluding hydrogens is 214 g/mol. The summed E-state index contributed by atoms with van der Waals surface area (Å²) >= 11 is 1.36. The van der Waals surface area contributed by atoms with Gasteiger partial charge in [-0.3, -0.25) is 4.79 Å². The van der Waals surface area contributed by atoms with Crippen molar-refractivity contribution in [3.05, 3.63) is 21.9 Å². The minimum Gasteiger partial charge on any atom is -0.480 e. The van der Waals surface area contributed by atoms with Gasteiger partial charge in [-0.05, 0) is 25.5 Å². The molecule has 15 heavy (non-hydrogen) atoms. The van der Waals surface area contributed by atoms with Crippen molar-refractivity contribution in [1.82, 2.24) is 5.32 Å². The third-order valence-electron chi connectivity index (χ3n) is 1.98. The molecule has 0 aliphatic heterocycles. The largest absolute Gasteiger partial charge is 0.480 e. The van der Waals surface area contributed by atoms with Crippen molar-refractivity contribution >= 4 is 23.2 Å². The molecule has 1 aromatic heterocycles. The Hall–Kier alpha value is -1.36. The summed E-state index contributed by atoms with van der Waals surface area (Å²) in [6.45, 7) is 3.62. The second-order valence-corrected chi connectivity index (χ2v) is 4.47. The van der Waals surface area contributed by atoms with E-state index in [1.54, 1.807) is 13.0 Å². The number of hydrogen-bond donors (Lipinski definition) is 2. The van der Waals surface area contributed by atoms with Crippen LogP contribution in [0.1, 0.15) is 27.9 Å². The van der Waals surface area contributed by atoms with Crippen molar-refractivity contribution in [1.29, 1.82) is 0 Å². The van der Waals surface area contributed by atoms with Crippen LogP contribution >= 0.6 is 11.3 Å². The number of carboxylic acids is 1. The predicted octanol–water partition coefficient (Wildman–Crippen LogP) is 1.65. The van der Waals surface area contributed by atoms with E-state index >= 15 is 0 Å². The minimum absolute atomic E-state index is 0.317. The number of thiophene rings is 1. The fourth-order valence-electron chi connectivity index (χ4n) is 1.12. The zero-order chi connectivity index (χ0) is 11.4. The first kappa shape index (κ1) is 11.7. The van der Waals surface area contributed by atoms with Crippen LogP contribution in [0.2, 0.25) is 0 Å². The van der Waals surface area contributed by atoms with Crippen molar-refractivity contribution in [2.75, 3.05) is 0 Å². The van der Waals surface area contributed by atoms with E-state index in [1.807, 2.05) is 13.0 Å². The van der Waals surface area contributed by atoms with Crippen LogP contribution in [0.15, 0.2) is 12.1 Å². The molecular formula is C10H13NO3S. The number of amides is 1. The van der Waals surface area contributed by atoms with Crippen LogP contribution < -0.4 is 5.32 Å². The fourth-order valence-corrected chi connectivity index (χ4v) is 1.90. The van der Waals surface area contributed by atoms with Crippen molar-refractivity contribution in [2.24, 2.45) is 0 Å². The summed E-state index contributed by atoms with van der Waals surface area (Å²) in [7, 11) is 0. The summed E-state index contributed by atoms with van der Waals surface area (Å²) in [6, 6.07) is 2.73. The highest BCUT2D eigenvalue weighted by Gasteiger charge is 2.18. The molecule has 0 aliphatic rings. The molecule has 0 spiro atoms. The van der Waals surface area contributed by atoms with Gasteiger partial charge in [0, 0.05) is 4.88 Å². The summed E-state index contributed by atoms with van der Waals surface area (Å²) in [6.07, 6.45) is 0.380. The predicted molar refractivity (Wildman–Crippen MR) is 58.2 cm³/mol. The Balaban J connectivity index is 2.66. The van der Waals surface area contributed by atoms with Crippen LogP contribution in [0.4, 0.5) is 0 Å². The molecule has 0 unspecified atom stereocenters. The van der Waals surface area contributed by atoms with Gasteiger partial charge in [-0.2, -0.15) is 0 Å². The molecule has 1 atom stereocenters. The molecule has 1 heterocycles. The van der Waals surface area contributed by atoms with E-state index < -0.39 is 12.0 Å². The lowest BCUT2D eigenvalue weighted by Crippen LogP contribution is -2.39. The lowest BCUT2D eigenvalue weighted by molar-refractivity contribution is -0.139. The lowest BCUT2D eigenvalue weighted by Gasteiger charge is -2.10. The number of nitrogens with one attached hydrogen (secondary N) is 1. The Morgan fingerprint density at radius 1 is 1.53 bits per heavy atom. The second kappa shape index (κ2) is 4.93. The topological polar surface area (TPSA) is 66.4 Å². The van der Waals surface area contributed by atoms with Gasteiger partial charge in [-0.25, -0.2) is 4.79 Å². The number of hydrogen-bond acceptors (Lipinski definition) is 3. The highest BCUT2D eigenvalue weighted by Crippen LogP contribution is 2.14. The number of carbonyl (C=O) groups is 2.